The number of nitrogens with zero attached hydrogens (tertiary/aromatic N) is 7. The smallest absolute Gasteiger partial charge is 0.530 e. The number of para-hydroxylation sites is 10. The Morgan fingerprint density at radius 3 is 1.05 bits per heavy atom. The van der Waals surface area contributed by atoms with Crippen molar-refractivity contribution in [2.75, 3.05) is 21.3 Å². The molecule has 80 heavy (non-hydrogen) atoms. The minimum Gasteiger partial charge on any atom is -0.530 e. The molecule has 25 nitrogen and oxygen atoms in total. The molecular formula is C53H42Cu2N16O9. The standard InChI is InChI=1S/C9H7NO.C9H7N.4C8H7N3O2.C3H4N2.2Cu/c11-8-5-1-3-7-4-2-6-10-9(7)8;1-2-6-9-8(4-1)5-3-7-10-9;4*12-8(13)11-7-9-5-3-1-2-4-6(5)10-7;1-2-5-3-4-1;;/h1-6,11H;1-7H;4*1-4H,(H,12,13)(H2,9,10,11);1-3H,(H,4,5);;/q;;;;;;;2*+2/p-4. The first-order valence-electron chi connectivity index (χ1n) is 22.8. The number of aromatic amines is 5. The van der Waals surface area contributed by atoms with Crippen LogP contribution in [-0.4, -0.2) is 89.3 Å². The molecule has 10 N–H and O–H groups in total. The van der Waals surface area contributed by atoms with Gasteiger partial charge in [-0.2, -0.15) is 0 Å². The summed E-state index contributed by atoms with van der Waals surface area (Å²) < 4.78 is 0. The van der Waals surface area contributed by atoms with E-state index in [0.29, 0.717) is 27.6 Å². The monoisotopic (exact) mass is 1170 g/mol. The number of carboxylic acid groups (broad SMARTS) is 4. The summed E-state index contributed by atoms with van der Waals surface area (Å²) in [4.78, 5) is 82.3. The van der Waals surface area contributed by atoms with Gasteiger partial charge in [0.2, 0.25) is 23.8 Å². The molecule has 0 saturated carbocycles. The van der Waals surface area contributed by atoms with Gasteiger partial charge in [-0.1, -0.05) is 91.0 Å². The Bertz CT molecular complexity index is 3480. The number of fused-ring (bicyclic) bond motifs is 6. The van der Waals surface area contributed by atoms with E-state index in [-0.39, 0.29) is 63.7 Å². The third-order valence-corrected chi connectivity index (χ3v) is 9.97. The Morgan fingerprint density at radius 2 is 0.725 bits per heavy atom. The number of anilines is 4. The summed E-state index contributed by atoms with van der Waals surface area (Å²) in [5, 5.41) is 60.3. The Morgan fingerprint density at radius 1 is 0.388 bits per heavy atom. The molecule has 7 heterocycles. The summed E-state index contributed by atoms with van der Waals surface area (Å²) in [5.41, 5.74) is 7.71. The average Bonchev–Trinajstić information content (AvgIpc) is 4.32. The van der Waals surface area contributed by atoms with Crippen molar-refractivity contribution in [2.45, 2.75) is 0 Å². The van der Waals surface area contributed by atoms with E-state index in [2.05, 4.69) is 71.9 Å². The Hall–Kier alpha value is -10.9. The number of phenols is 1. The van der Waals surface area contributed by atoms with E-state index in [4.69, 9.17) is 0 Å². The first-order chi connectivity index (χ1) is 37.9. The zero-order valence-electron chi connectivity index (χ0n) is 40.9. The number of aromatic nitrogens is 12. The maximum atomic E-state index is 10.2. The number of phenolic OH excluding ortho intramolecular Hbond substituents is 1. The van der Waals surface area contributed by atoms with Crippen LogP contribution in [0.2, 0.25) is 0 Å². The molecule has 7 aromatic heterocycles. The zero-order valence-corrected chi connectivity index (χ0v) is 42.8. The van der Waals surface area contributed by atoms with Crippen LogP contribution in [0.1, 0.15) is 0 Å². The van der Waals surface area contributed by atoms with Crippen molar-refractivity contribution in [2.24, 2.45) is 0 Å². The van der Waals surface area contributed by atoms with Crippen LogP contribution in [0.15, 0.2) is 195 Å². The minimum absolute atomic E-state index is 0. The molecule has 0 atom stereocenters. The quantitative estimate of drug-likeness (QED) is 0.0923. The molecule has 13 rings (SSSR count). The van der Waals surface area contributed by atoms with Crippen LogP contribution in [0.25, 0.3) is 65.9 Å². The number of rotatable bonds is 4. The fraction of sp³-hybridized carbons (Fsp3) is 0. The minimum atomic E-state index is -1.38. The van der Waals surface area contributed by atoms with Gasteiger partial charge in [0.25, 0.3) is 0 Å². The fourth-order valence-corrected chi connectivity index (χ4v) is 6.75. The van der Waals surface area contributed by atoms with E-state index in [0.717, 1.165) is 33.0 Å². The Balaban J connectivity index is 0.000000173. The molecular weight excluding hydrogens is 1130 g/mol. The van der Waals surface area contributed by atoms with Gasteiger partial charge in [0, 0.05) is 35.6 Å². The van der Waals surface area contributed by atoms with Crippen molar-refractivity contribution in [3.8, 4) is 5.75 Å². The molecule has 0 aliphatic carbocycles. The summed E-state index contributed by atoms with van der Waals surface area (Å²) >= 11 is 0. The van der Waals surface area contributed by atoms with Crippen molar-refractivity contribution >= 4 is 114 Å². The summed E-state index contributed by atoms with van der Waals surface area (Å²) in [6.07, 6.45) is 3.06. The summed E-state index contributed by atoms with van der Waals surface area (Å²) in [5.74, 6) is 0.966. The van der Waals surface area contributed by atoms with E-state index >= 15 is 0 Å². The number of hydrogen-bond acceptors (Lipinski definition) is 16. The van der Waals surface area contributed by atoms with E-state index in [9.17, 15) is 44.7 Å². The van der Waals surface area contributed by atoms with Crippen molar-refractivity contribution < 1.29 is 78.8 Å². The van der Waals surface area contributed by atoms with Gasteiger partial charge in [-0.3, -0.25) is 9.97 Å². The molecule has 410 valence electrons. The number of imidazole rings is 5. The number of nitrogens with one attached hydrogen (secondary N) is 9. The number of hydrogen-bond donors (Lipinski definition) is 10. The number of amides is 4. The summed E-state index contributed by atoms with van der Waals surface area (Å²) in [6.45, 7) is 0. The summed E-state index contributed by atoms with van der Waals surface area (Å²) in [6, 6.07) is 50.2. The molecule has 0 aliphatic heterocycles. The Kier molecular flexibility index (Phi) is 23.0. The van der Waals surface area contributed by atoms with Crippen LogP contribution in [0, 0.1) is 0 Å². The second-order valence-electron chi connectivity index (χ2n) is 15.4. The van der Waals surface area contributed by atoms with Gasteiger partial charge >= 0.3 is 34.1 Å². The molecule has 0 bridgehead atoms. The predicted octanol–water partition coefficient (Wildman–Crippen LogP) is 5.85. The molecule has 4 amide bonds. The Labute approximate surface area is 472 Å². The predicted molar refractivity (Wildman–Crippen MR) is 284 cm³/mol. The van der Waals surface area contributed by atoms with Crippen LogP contribution < -0.4 is 41.7 Å². The van der Waals surface area contributed by atoms with Gasteiger partial charge in [0.1, 0.15) is 35.6 Å². The summed E-state index contributed by atoms with van der Waals surface area (Å²) in [7, 11) is 0. The molecule has 0 fully saturated rings. The van der Waals surface area contributed by atoms with Crippen molar-refractivity contribution in [1.82, 2.24) is 59.8 Å². The van der Waals surface area contributed by atoms with Gasteiger partial charge in [0.05, 0.1) is 56.0 Å². The van der Waals surface area contributed by atoms with Crippen LogP contribution in [0.4, 0.5) is 43.0 Å². The molecule has 27 heteroatoms. The van der Waals surface area contributed by atoms with Crippen molar-refractivity contribution in [3.63, 3.8) is 0 Å². The number of aromatic hydroxyl groups is 1. The SMILES string of the molecule is O=C([O-])Nc1nc2ccccc2[nH]1.O=C([O-])Nc1nc2ccccc2[nH]1.O=C([O-])Nc1nc2ccccc2[nH]1.O=C([O-])Nc1nc2ccccc2[nH]1.Oc1cccc2cccnc12.[Cu+2].[Cu+2].c1c[nH]cn1.c1ccc2ncccc2c1. The number of H-pyrrole nitrogens is 5. The number of carbonyl (C=O) groups is 4. The zero-order chi connectivity index (χ0) is 55.1. The normalized spacial score (nSPS) is 9.75. The van der Waals surface area contributed by atoms with E-state index in [1.165, 1.54) is 5.39 Å². The number of pyridine rings is 2. The van der Waals surface area contributed by atoms with Gasteiger partial charge < -0.3 is 90.9 Å². The first kappa shape index (κ1) is 60.0. The number of carbonyl (C=O) groups excluding carboxylic acids is 4. The van der Waals surface area contributed by atoms with E-state index < -0.39 is 24.4 Å². The van der Waals surface area contributed by atoms with Gasteiger partial charge in [-0.05, 0) is 72.8 Å². The van der Waals surface area contributed by atoms with E-state index in [1.807, 2.05) is 143 Å². The van der Waals surface area contributed by atoms with Gasteiger partial charge in [-0.25, -0.2) is 24.9 Å². The number of benzene rings is 6. The van der Waals surface area contributed by atoms with Crippen LogP contribution in [-0.2, 0) is 34.1 Å². The topological polar surface area (TPSA) is 398 Å². The molecule has 0 saturated heterocycles. The molecule has 0 unspecified atom stereocenters. The third kappa shape index (κ3) is 18.8. The van der Waals surface area contributed by atoms with Crippen LogP contribution in [0.5, 0.6) is 5.75 Å². The molecule has 13 aromatic rings. The average molecular weight is 1170 g/mol. The molecule has 0 aliphatic rings. The largest absolute Gasteiger partial charge is 2.00 e. The molecule has 2 radical (unpaired) electrons. The molecule has 0 spiro atoms. The molecule has 6 aromatic carbocycles. The second kappa shape index (κ2) is 30.6. The maximum Gasteiger partial charge on any atom is 2.00 e. The fourth-order valence-electron chi connectivity index (χ4n) is 6.75. The van der Waals surface area contributed by atoms with E-state index in [1.54, 1.807) is 61.3 Å². The third-order valence-electron chi connectivity index (χ3n) is 9.97. The maximum absolute atomic E-state index is 10.2. The second-order valence-corrected chi connectivity index (χ2v) is 15.4. The van der Waals surface area contributed by atoms with Crippen molar-refractivity contribution in [1.29, 1.82) is 0 Å². The van der Waals surface area contributed by atoms with Gasteiger partial charge in [0.15, 0.2) is 0 Å². The van der Waals surface area contributed by atoms with Crippen LogP contribution in [0.3, 0.4) is 0 Å². The van der Waals surface area contributed by atoms with Crippen LogP contribution >= 0.6 is 0 Å². The van der Waals surface area contributed by atoms with Crippen molar-refractivity contribution in [3.05, 3.63) is 195 Å². The first-order valence-corrected chi connectivity index (χ1v) is 22.8. The van der Waals surface area contributed by atoms with Gasteiger partial charge in [-0.15, -0.1) is 0 Å².